The van der Waals surface area contributed by atoms with Crippen LogP contribution in [0.4, 0.5) is 5.69 Å². The van der Waals surface area contributed by atoms with E-state index in [0.717, 1.165) is 0 Å². The number of aromatic hydroxyl groups is 1. The smallest absolute Gasteiger partial charge is 0.228 e. The molecule has 3 nitrogen and oxygen atoms in total. The summed E-state index contributed by atoms with van der Waals surface area (Å²) in [6.45, 7) is 0.451. The Morgan fingerprint density at radius 3 is 2.47 bits per heavy atom. The molecule has 1 aliphatic rings. The van der Waals surface area contributed by atoms with Gasteiger partial charge in [-0.3, -0.25) is 4.79 Å². The molecule has 0 saturated carbocycles. The van der Waals surface area contributed by atoms with Crippen molar-refractivity contribution in [2.24, 2.45) is 5.92 Å². The van der Waals surface area contributed by atoms with Gasteiger partial charge in [-0.15, -0.1) is 12.3 Å². The number of terminal acetylenes is 1. The van der Waals surface area contributed by atoms with Crippen LogP contribution in [-0.4, -0.2) is 17.6 Å². The quantitative estimate of drug-likeness (QED) is 0.797. The van der Waals surface area contributed by atoms with Crippen LogP contribution in [0.15, 0.2) is 12.1 Å². The number of nitrogens with zero attached hydrogens (tertiary/aromatic N) is 1. The molecule has 88 valence electrons. The minimum absolute atomic E-state index is 0.0641. The predicted octanol–water partition coefficient (Wildman–Crippen LogP) is 2.69. The highest BCUT2D eigenvalue weighted by Crippen LogP contribution is 2.37. The van der Waals surface area contributed by atoms with Crippen LogP contribution in [0.25, 0.3) is 0 Å². The van der Waals surface area contributed by atoms with Gasteiger partial charge in [-0.25, -0.2) is 0 Å². The molecule has 1 N–H and O–H groups in total. The highest BCUT2D eigenvalue weighted by atomic mass is 35.5. The molecule has 0 aromatic heterocycles. The van der Waals surface area contributed by atoms with E-state index in [2.05, 4.69) is 5.92 Å². The third kappa shape index (κ3) is 2.19. The second-order valence-electron chi connectivity index (χ2n) is 3.83. The van der Waals surface area contributed by atoms with Gasteiger partial charge in [0.1, 0.15) is 0 Å². The molecule has 0 aliphatic carbocycles. The summed E-state index contributed by atoms with van der Waals surface area (Å²) in [5.74, 6) is 2.22. The fraction of sp³-hybridized carbons (Fsp3) is 0.250. The summed E-state index contributed by atoms with van der Waals surface area (Å²) in [5.41, 5.74) is 0.556. The van der Waals surface area contributed by atoms with Gasteiger partial charge in [0, 0.05) is 24.6 Å². The van der Waals surface area contributed by atoms with E-state index in [4.69, 9.17) is 29.6 Å². The molecule has 1 aliphatic heterocycles. The Bertz CT molecular complexity index is 499. The van der Waals surface area contributed by atoms with Gasteiger partial charge in [-0.1, -0.05) is 23.2 Å². The predicted molar refractivity (Wildman–Crippen MR) is 67.4 cm³/mol. The number of benzene rings is 1. The number of anilines is 1. The topological polar surface area (TPSA) is 40.5 Å². The molecule has 2 rings (SSSR count). The molecule has 17 heavy (non-hydrogen) atoms. The van der Waals surface area contributed by atoms with Crippen molar-refractivity contribution < 1.29 is 9.90 Å². The SMILES string of the molecule is C#CC1CC(=O)N(c2cc(Cl)c(O)c(Cl)c2)C1. The molecule has 1 fully saturated rings. The summed E-state index contributed by atoms with van der Waals surface area (Å²) in [6.07, 6.45) is 5.63. The molecule has 5 heteroatoms. The van der Waals surface area contributed by atoms with Crippen molar-refractivity contribution in [2.45, 2.75) is 6.42 Å². The molecule has 0 bridgehead atoms. The van der Waals surface area contributed by atoms with Gasteiger partial charge in [0.05, 0.1) is 10.0 Å². The molecular formula is C12H9Cl2NO2. The summed E-state index contributed by atoms with van der Waals surface area (Å²) in [5, 5.41) is 9.67. The number of amides is 1. The first-order chi connectivity index (χ1) is 8.02. The van der Waals surface area contributed by atoms with Gasteiger partial charge < -0.3 is 10.0 Å². The molecule has 1 heterocycles. The van der Waals surface area contributed by atoms with Crippen LogP contribution in [-0.2, 0) is 4.79 Å². The van der Waals surface area contributed by atoms with Gasteiger partial charge in [-0.2, -0.15) is 0 Å². The fourth-order valence-corrected chi connectivity index (χ4v) is 2.25. The fourth-order valence-electron chi connectivity index (χ4n) is 1.78. The van der Waals surface area contributed by atoms with E-state index < -0.39 is 0 Å². The monoisotopic (exact) mass is 269 g/mol. The lowest BCUT2D eigenvalue weighted by atomic mass is 10.1. The van der Waals surface area contributed by atoms with Crippen LogP contribution < -0.4 is 4.90 Å². The molecule has 1 aromatic rings. The third-order valence-electron chi connectivity index (χ3n) is 2.67. The van der Waals surface area contributed by atoms with Gasteiger partial charge >= 0.3 is 0 Å². The molecule has 0 spiro atoms. The second-order valence-corrected chi connectivity index (χ2v) is 4.64. The van der Waals surface area contributed by atoms with Crippen molar-refractivity contribution in [1.82, 2.24) is 0 Å². The minimum atomic E-state index is -0.183. The summed E-state index contributed by atoms with van der Waals surface area (Å²) in [4.78, 5) is 13.3. The molecule has 1 aromatic carbocycles. The number of phenols is 1. The van der Waals surface area contributed by atoms with Crippen LogP contribution in [0.2, 0.25) is 10.0 Å². The van der Waals surface area contributed by atoms with Gasteiger partial charge in [-0.05, 0) is 12.1 Å². The number of halogens is 2. The zero-order valence-corrected chi connectivity index (χ0v) is 10.3. The first kappa shape index (κ1) is 12.1. The van der Waals surface area contributed by atoms with Crippen molar-refractivity contribution >= 4 is 34.8 Å². The van der Waals surface area contributed by atoms with E-state index in [-0.39, 0.29) is 27.6 Å². The number of carbonyl (C=O) groups is 1. The second kappa shape index (κ2) is 4.48. The van der Waals surface area contributed by atoms with E-state index >= 15 is 0 Å². The maximum atomic E-state index is 11.7. The summed E-state index contributed by atoms with van der Waals surface area (Å²) >= 11 is 11.6. The van der Waals surface area contributed by atoms with Crippen LogP contribution >= 0.6 is 23.2 Å². The minimum Gasteiger partial charge on any atom is -0.505 e. The van der Waals surface area contributed by atoms with E-state index in [1.165, 1.54) is 17.0 Å². The van der Waals surface area contributed by atoms with Crippen molar-refractivity contribution in [3.63, 3.8) is 0 Å². The molecule has 0 radical (unpaired) electrons. The number of rotatable bonds is 1. The summed E-state index contributed by atoms with van der Waals surface area (Å²) in [7, 11) is 0. The normalized spacial score (nSPS) is 19.5. The lowest BCUT2D eigenvalue weighted by molar-refractivity contribution is -0.117. The Morgan fingerprint density at radius 2 is 2.00 bits per heavy atom. The van der Waals surface area contributed by atoms with Crippen molar-refractivity contribution in [2.75, 3.05) is 11.4 Å². The molecule has 1 atom stereocenters. The van der Waals surface area contributed by atoms with Gasteiger partial charge in [0.15, 0.2) is 5.75 Å². The molecule has 1 saturated heterocycles. The maximum Gasteiger partial charge on any atom is 0.228 e. The maximum absolute atomic E-state index is 11.7. The lowest BCUT2D eigenvalue weighted by Crippen LogP contribution is -2.24. The largest absolute Gasteiger partial charge is 0.505 e. The summed E-state index contributed by atoms with van der Waals surface area (Å²) < 4.78 is 0. The van der Waals surface area contributed by atoms with E-state index in [1.54, 1.807) is 0 Å². The average molecular weight is 270 g/mol. The van der Waals surface area contributed by atoms with Gasteiger partial charge in [0.25, 0.3) is 0 Å². The zero-order chi connectivity index (χ0) is 12.6. The number of hydrogen-bond acceptors (Lipinski definition) is 2. The number of phenolic OH excluding ortho intramolecular Hbond substituents is 1. The highest BCUT2D eigenvalue weighted by Gasteiger charge is 2.30. The van der Waals surface area contributed by atoms with Crippen LogP contribution in [0, 0.1) is 18.3 Å². The van der Waals surface area contributed by atoms with E-state index in [0.29, 0.717) is 18.7 Å². The standard InChI is InChI=1S/C12H9Cl2NO2/c1-2-7-3-11(16)15(6-7)8-4-9(13)12(17)10(14)5-8/h1,4-5,7,17H,3,6H2. The van der Waals surface area contributed by atoms with Crippen LogP contribution in [0.5, 0.6) is 5.75 Å². The number of carbonyl (C=O) groups excluding carboxylic acids is 1. The first-order valence-corrected chi connectivity index (χ1v) is 5.73. The lowest BCUT2D eigenvalue weighted by Gasteiger charge is -2.17. The van der Waals surface area contributed by atoms with E-state index in [1.807, 2.05) is 0 Å². The Hall–Kier alpha value is -1.37. The first-order valence-electron chi connectivity index (χ1n) is 4.97. The third-order valence-corrected chi connectivity index (χ3v) is 3.25. The average Bonchev–Trinajstić information content (AvgIpc) is 2.67. The zero-order valence-electron chi connectivity index (χ0n) is 8.78. The highest BCUT2D eigenvalue weighted by molar-refractivity contribution is 6.37. The van der Waals surface area contributed by atoms with Crippen LogP contribution in [0.1, 0.15) is 6.42 Å². The Morgan fingerprint density at radius 1 is 1.41 bits per heavy atom. The molecule has 1 amide bonds. The van der Waals surface area contributed by atoms with Crippen molar-refractivity contribution in [3.8, 4) is 18.1 Å². The van der Waals surface area contributed by atoms with Crippen molar-refractivity contribution in [3.05, 3.63) is 22.2 Å². The van der Waals surface area contributed by atoms with Gasteiger partial charge in [0.2, 0.25) is 5.91 Å². The Labute approximate surface area is 109 Å². The van der Waals surface area contributed by atoms with Crippen molar-refractivity contribution in [1.29, 1.82) is 0 Å². The number of hydrogen-bond donors (Lipinski definition) is 1. The van der Waals surface area contributed by atoms with E-state index in [9.17, 15) is 9.90 Å². The molecular weight excluding hydrogens is 261 g/mol. The van der Waals surface area contributed by atoms with Crippen LogP contribution in [0.3, 0.4) is 0 Å². The molecule has 1 unspecified atom stereocenters. The summed E-state index contributed by atoms with van der Waals surface area (Å²) in [6, 6.07) is 3.00. The Balaban J connectivity index is 2.36. The Kier molecular flexibility index (Phi) is 3.19.